The van der Waals surface area contributed by atoms with E-state index in [1.54, 1.807) is 16.8 Å². The molecule has 2 aromatic rings. The van der Waals surface area contributed by atoms with Gasteiger partial charge in [-0.1, -0.05) is 0 Å². The van der Waals surface area contributed by atoms with Gasteiger partial charge in [0.2, 0.25) is 17.8 Å². The van der Waals surface area contributed by atoms with Gasteiger partial charge in [0.25, 0.3) is 0 Å². The quantitative estimate of drug-likeness (QED) is 0.812. The van der Waals surface area contributed by atoms with Crippen LogP contribution in [-0.4, -0.2) is 53.4 Å². The molecule has 0 aliphatic carbocycles. The summed E-state index contributed by atoms with van der Waals surface area (Å²) >= 11 is 0. The van der Waals surface area contributed by atoms with E-state index in [9.17, 15) is 9.18 Å². The Hall–Kier alpha value is -2.81. The third-order valence-corrected chi connectivity index (χ3v) is 3.61. The number of nitrogens with two attached hydrogens (primary N) is 1. The van der Waals surface area contributed by atoms with Gasteiger partial charge >= 0.3 is 0 Å². The van der Waals surface area contributed by atoms with Crippen LogP contribution in [0.1, 0.15) is 18.8 Å². The van der Waals surface area contributed by atoms with Gasteiger partial charge in [0, 0.05) is 19.8 Å². The number of halogens is 1. The average Bonchev–Trinajstić information content (AvgIpc) is 2.55. The number of likely N-dealkylation sites (N-methyl/N-ethyl adjacent to an activating group) is 1. The molecule has 9 heteroatoms. The third-order valence-electron chi connectivity index (χ3n) is 3.61. The fourth-order valence-corrected chi connectivity index (χ4v) is 2.08. The van der Waals surface area contributed by atoms with Crippen LogP contribution < -0.4 is 16.0 Å². The summed E-state index contributed by atoms with van der Waals surface area (Å²) in [6.07, 6.45) is 0. The lowest BCUT2D eigenvalue weighted by molar-refractivity contribution is -0.117. The van der Waals surface area contributed by atoms with Crippen molar-refractivity contribution in [2.45, 2.75) is 13.0 Å². The van der Waals surface area contributed by atoms with E-state index < -0.39 is 0 Å². The highest BCUT2D eigenvalue weighted by molar-refractivity contribution is 5.92. The van der Waals surface area contributed by atoms with Crippen molar-refractivity contribution in [3.63, 3.8) is 0 Å². The van der Waals surface area contributed by atoms with Crippen molar-refractivity contribution in [3.8, 4) is 0 Å². The van der Waals surface area contributed by atoms with Gasteiger partial charge < -0.3 is 16.0 Å². The van der Waals surface area contributed by atoms with Crippen LogP contribution in [0.15, 0.2) is 24.3 Å². The van der Waals surface area contributed by atoms with Crippen molar-refractivity contribution in [1.82, 2.24) is 19.9 Å². The molecule has 0 saturated carbocycles. The standard InChI is InChI=1S/C16H22FN7O/c1-10(14-20-15(18)22-16(21-14)23(2)3)24(4)9-13(25)19-12-7-5-11(17)6-8-12/h5-8,10H,9H2,1-4H3,(H,19,25)(H2,18,20,21,22). The summed E-state index contributed by atoms with van der Waals surface area (Å²) in [4.78, 5) is 28.2. The molecule has 0 spiro atoms. The number of anilines is 3. The molecule has 0 bridgehead atoms. The lowest BCUT2D eigenvalue weighted by Crippen LogP contribution is -2.33. The first kappa shape index (κ1) is 18.5. The van der Waals surface area contributed by atoms with E-state index in [4.69, 9.17) is 5.73 Å². The fraction of sp³-hybridized carbons (Fsp3) is 0.375. The second-order valence-electron chi connectivity index (χ2n) is 5.89. The zero-order valence-corrected chi connectivity index (χ0v) is 14.7. The summed E-state index contributed by atoms with van der Waals surface area (Å²) in [7, 11) is 5.40. The molecule has 0 aliphatic heterocycles. The average molecular weight is 347 g/mol. The normalized spacial score (nSPS) is 12.1. The number of carbonyl (C=O) groups is 1. The molecule has 1 atom stereocenters. The zero-order chi connectivity index (χ0) is 18.6. The topological polar surface area (TPSA) is 100 Å². The van der Waals surface area contributed by atoms with Crippen molar-refractivity contribution in [2.24, 2.45) is 0 Å². The second-order valence-corrected chi connectivity index (χ2v) is 5.89. The lowest BCUT2D eigenvalue weighted by Gasteiger charge is -2.23. The first-order chi connectivity index (χ1) is 11.8. The van der Waals surface area contributed by atoms with Gasteiger partial charge in [-0.15, -0.1) is 0 Å². The molecule has 1 amide bonds. The third kappa shape index (κ3) is 5.08. The molecule has 1 aromatic carbocycles. The highest BCUT2D eigenvalue weighted by Crippen LogP contribution is 2.17. The number of rotatable bonds is 6. The van der Waals surface area contributed by atoms with Gasteiger partial charge in [-0.2, -0.15) is 15.0 Å². The van der Waals surface area contributed by atoms with Crippen LogP contribution in [0.4, 0.5) is 22.0 Å². The fourth-order valence-electron chi connectivity index (χ4n) is 2.08. The predicted octanol–water partition coefficient (Wildman–Crippen LogP) is 1.29. The molecule has 8 nitrogen and oxygen atoms in total. The summed E-state index contributed by atoms with van der Waals surface area (Å²) in [6, 6.07) is 5.35. The number of hydrogen-bond donors (Lipinski definition) is 2. The molecule has 0 radical (unpaired) electrons. The SMILES string of the molecule is CC(c1nc(N)nc(N(C)C)n1)N(C)CC(=O)Nc1ccc(F)cc1. The lowest BCUT2D eigenvalue weighted by atomic mass is 10.2. The Morgan fingerprint density at radius 1 is 1.20 bits per heavy atom. The van der Waals surface area contributed by atoms with Crippen molar-refractivity contribution in [3.05, 3.63) is 35.9 Å². The number of carbonyl (C=O) groups excluding carboxylic acids is 1. The Morgan fingerprint density at radius 2 is 1.84 bits per heavy atom. The van der Waals surface area contributed by atoms with E-state index in [1.165, 1.54) is 24.3 Å². The maximum atomic E-state index is 12.9. The number of nitrogen functional groups attached to an aromatic ring is 1. The highest BCUT2D eigenvalue weighted by Gasteiger charge is 2.19. The summed E-state index contributed by atoms with van der Waals surface area (Å²) in [5, 5.41) is 2.71. The number of nitrogens with zero attached hydrogens (tertiary/aromatic N) is 5. The molecule has 0 fully saturated rings. The van der Waals surface area contributed by atoms with E-state index in [0.29, 0.717) is 17.5 Å². The van der Waals surface area contributed by atoms with Crippen molar-refractivity contribution >= 4 is 23.5 Å². The number of benzene rings is 1. The Labute approximate surface area is 145 Å². The van der Waals surface area contributed by atoms with Crippen molar-refractivity contribution in [2.75, 3.05) is 43.6 Å². The summed E-state index contributed by atoms with van der Waals surface area (Å²) in [5.41, 5.74) is 6.27. The molecule has 1 heterocycles. The molecule has 0 saturated heterocycles. The zero-order valence-electron chi connectivity index (χ0n) is 14.7. The smallest absolute Gasteiger partial charge is 0.238 e. The van der Waals surface area contributed by atoms with Crippen molar-refractivity contribution in [1.29, 1.82) is 0 Å². The van der Waals surface area contributed by atoms with Gasteiger partial charge in [0.1, 0.15) is 5.82 Å². The van der Waals surface area contributed by atoms with Crippen LogP contribution >= 0.6 is 0 Å². The minimum atomic E-state index is -0.354. The van der Waals surface area contributed by atoms with Gasteiger partial charge in [-0.3, -0.25) is 9.69 Å². The largest absolute Gasteiger partial charge is 0.368 e. The molecular formula is C16H22FN7O. The monoisotopic (exact) mass is 347 g/mol. The van der Waals surface area contributed by atoms with Gasteiger partial charge in [0.05, 0.1) is 12.6 Å². The predicted molar refractivity (Wildman–Crippen MR) is 94.6 cm³/mol. The molecule has 1 aromatic heterocycles. The Morgan fingerprint density at radius 3 is 2.44 bits per heavy atom. The summed E-state index contributed by atoms with van der Waals surface area (Å²) in [6.45, 7) is 1.99. The Kier molecular flexibility index (Phi) is 5.81. The molecule has 0 aliphatic rings. The molecule has 134 valence electrons. The Bertz CT molecular complexity index is 736. The van der Waals surface area contributed by atoms with Crippen LogP contribution in [0.25, 0.3) is 0 Å². The number of hydrogen-bond acceptors (Lipinski definition) is 7. The first-order valence-corrected chi connectivity index (χ1v) is 7.70. The van der Waals surface area contributed by atoms with E-state index in [2.05, 4.69) is 20.3 Å². The molecule has 3 N–H and O–H groups in total. The van der Waals surface area contributed by atoms with E-state index in [0.717, 1.165) is 0 Å². The number of amides is 1. The van der Waals surface area contributed by atoms with E-state index in [1.807, 2.05) is 21.0 Å². The molecule has 2 rings (SSSR count). The Balaban J connectivity index is 2.03. The maximum absolute atomic E-state index is 12.9. The van der Waals surface area contributed by atoms with Crippen LogP contribution in [0.5, 0.6) is 0 Å². The molecular weight excluding hydrogens is 325 g/mol. The van der Waals surface area contributed by atoms with Crippen LogP contribution in [0, 0.1) is 5.82 Å². The van der Waals surface area contributed by atoms with Gasteiger partial charge in [-0.25, -0.2) is 4.39 Å². The van der Waals surface area contributed by atoms with E-state index >= 15 is 0 Å². The van der Waals surface area contributed by atoms with Crippen LogP contribution in [0.2, 0.25) is 0 Å². The number of aromatic nitrogens is 3. The maximum Gasteiger partial charge on any atom is 0.238 e. The van der Waals surface area contributed by atoms with Crippen molar-refractivity contribution < 1.29 is 9.18 Å². The van der Waals surface area contributed by atoms with E-state index in [-0.39, 0.29) is 30.3 Å². The summed E-state index contributed by atoms with van der Waals surface area (Å²) in [5.74, 6) is 0.486. The molecule has 25 heavy (non-hydrogen) atoms. The molecule has 1 unspecified atom stereocenters. The summed E-state index contributed by atoms with van der Waals surface area (Å²) < 4.78 is 12.9. The van der Waals surface area contributed by atoms with Crippen LogP contribution in [-0.2, 0) is 4.79 Å². The highest BCUT2D eigenvalue weighted by atomic mass is 19.1. The van der Waals surface area contributed by atoms with Gasteiger partial charge in [-0.05, 0) is 38.2 Å². The number of nitrogens with one attached hydrogen (secondary N) is 1. The first-order valence-electron chi connectivity index (χ1n) is 7.70. The van der Waals surface area contributed by atoms with Crippen LogP contribution in [0.3, 0.4) is 0 Å². The second kappa shape index (κ2) is 7.84. The minimum absolute atomic E-state index is 0.113. The van der Waals surface area contributed by atoms with Gasteiger partial charge in [0.15, 0.2) is 5.82 Å². The minimum Gasteiger partial charge on any atom is -0.368 e.